The number of hydrogen-bond donors (Lipinski definition) is 0. The van der Waals surface area contributed by atoms with Crippen molar-refractivity contribution in [2.24, 2.45) is 0 Å². The van der Waals surface area contributed by atoms with Crippen molar-refractivity contribution in [1.82, 2.24) is 0 Å². The maximum atomic E-state index is 13.7. The molecule has 0 heterocycles. The van der Waals surface area contributed by atoms with Crippen LogP contribution in [0.3, 0.4) is 0 Å². The van der Waals surface area contributed by atoms with Gasteiger partial charge in [-0.05, 0) is 18.9 Å². The molecule has 1 atom stereocenters. The molecule has 1 rings (SSSR count). The lowest BCUT2D eigenvalue weighted by molar-refractivity contribution is 0.313. The monoisotopic (exact) mass is 208 g/mol. The molecule has 0 saturated heterocycles. The van der Waals surface area contributed by atoms with Gasteiger partial charge in [0.25, 0.3) is 0 Å². The van der Waals surface area contributed by atoms with Gasteiger partial charge in [-0.15, -0.1) is 0 Å². The molecule has 1 unspecified atom stereocenters. The van der Waals surface area contributed by atoms with Crippen molar-refractivity contribution < 1.29 is 4.39 Å². The minimum absolute atomic E-state index is 0.670. The van der Waals surface area contributed by atoms with E-state index in [1.807, 2.05) is 31.2 Å². The fourth-order valence-corrected chi connectivity index (χ4v) is 1.78. The van der Waals surface area contributed by atoms with Crippen LogP contribution in [0.5, 0.6) is 0 Å². The van der Waals surface area contributed by atoms with Crippen LogP contribution in [0.15, 0.2) is 24.3 Å². The fraction of sp³-hybridized carbons (Fsp3) is 0.571. The molecule has 0 radical (unpaired) electrons. The van der Waals surface area contributed by atoms with E-state index in [1.165, 1.54) is 12.8 Å². The third-order valence-corrected chi connectivity index (χ3v) is 2.71. The third kappa shape index (κ3) is 4.46. The largest absolute Gasteiger partial charge is 0.242 e. The highest BCUT2D eigenvalue weighted by molar-refractivity contribution is 5.23. The molecule has 15 heavy (non-hydrogen) atoms. The number of benzene rings is 1. The topological polar surface area (TPSA) is 0 Å². The van der Waals surface area contributed by atoms with E-state index in [-0.39, 0.29) is 0 Å². The first-order valence-corrected chi connectivity index (χ1v) is 5.94. The van der Waals surface area contributed by atoms with E-state index in [2.05, 4.69) is 6.92 Å². The first kappa shape index (κ1) is 12.2. The molecule has 0 N–H and O–H groups in total. The molecule has 1 heteroatoms. The molecule has 0 saturated carbocycles. The van der Waals surface area contributed by atoms with Crippen molar-refractivity contribution in [3.05, 3.63) is 35.4 Å². The van der Waals surface area contributed by atoms with Crippen molar-refractivity contribution in [3.63, 3.8) is 0 Å². The van der Waals surface area contributed by atoms with Crippen LogP contribution in [0.25, 0.3) is 0 Å². The lowest BCUT2D eigenvalue weighted by atomic mass is 10.0. The van der Waals surface area contributed by atoms with Gasteiger partial charge in [-0.25, -0.2) is 4.39 Å². The van der Waals surface area contributed by atoms with Crippen molar-refractivity contribution in [2.45, 2.75) is 52.1 Å². The van der Waals surface area contributed by atoms with Gasteiger partial charge in [0.05, 0.1) is 0 Å². The molecule has 0 aliphatic rings. The van der Waals surface area contributed by atoms with Crippen LogP contribution in [-0.2, 0) is 0 Å². The van der Waals surface area contributed by atoms with E-state index in [9.17, 15) is 4.39 Å². The summed E-state index contributed by atoms with van der Waals surface area (Å²) in [6.45, 7) is 4.18. The minimum Gasteiger partial charge on any atom is -0.242 e. The second-order valence-electron chi connectivity index (χ2n) is 4.23. The van der Waals surface area contributed by atoms with Gasteiger partial charge in [-0.3, -0.25) is 0 Å². The van der Waals surface area contributed by atoms with Gasteiger partial charge in [0.1, 0.15) is 6.17 Å². The average molecular weight is 208 g/mol. The smallest absolute Gasteiger partial charge is 0.125 e. The number of halogens is 1. The highest BCUT2D eigenvalue weighted by Gasteiger charge is 2.08. The molecule has 0 aromatic heterocycles. The number of rotatable bonds is 6. The van der Waals surface area contributed by atoms with Crippen LogP contribution >= 0.6 is 0 Å². The van der Waals surface area contributed by atoms with E-state index in [0.717, 1.165) is 24.0 Å². The number of unbranched alkanes of at least 4 members (excludes halogenated alkanes) is 3. The SMILES string of the molecule is CCCCCCC(F)c1cccc(C)c1. The summed E-state index contributed by atoms with van der Waals surface area (Å²) in [5.74, 6) is 0. The molecule has 0 fully saturated rings. The molecule has 0 aliphatic carbocycles. The Labute approximate surface area is 92.5 Å². The molecule has 1 aromatic rings. The van der Waals surface area contributed by atoms with Crippen LogP contribution in [0.2, 0.25) is 0 Å². The van der Waals surface area contributed by atoms with Crippen molar-refractivity contribution in [1.29, 1.82) is 0 Å². The third-order valence-electron chi connectivity index (χ3n) is 2.71. The Kier molecular flexibility index (Phi) is 5.38. The van der Waals surface area contributed by atoms with Crippen LogP contribution in [-0.4, -0.2) is 0 Å². The zero-order chi connectivity index (χ0) is 11.1. The molecule has 84 valence electrons. The number of aryl methyl sites for hydroxylation is 1. The quantitative estimate of drug-likeness (QED) is 0.579. The van der Waals surface area contributed by atoms with E-state index in [4.69, 9.17) is 0 Å². The summed E-state index contributed by atoms with van der Waals surface area (Å²) < 4.78 is 13.7. The second-order valence-corrected chi connectivity index (χ2v) is 4.23. The summed E-state index contributed by atoms with van der Waals surface area (Å²) in [5.41, 5.74) is 1.98. The summed E-state index contributed by atoms with van der Waals surface area (Å²) in [4.78, 5) is 0. The van der Waals surface area contributed by atoms with Crippen molar-refractivity contribution >= 4 is 0 Å². The van der Waals surface area contributed by atoms with Crippen molar-refractivity contribution in [2.75, 3.05) is 0 Å². The van der Waals surface area contributed by atoms with E-state index >= 15 is 0 Å². The summed E-state index contributed by atoms with van der Waals surface area (Å²) in [5, 5.41) is 0. The van der Waals surface area contributed by atoms with Gasteiger partial charge in [-0.1, -0.05) is 62.4 Å². The van der Waals surface area contributed by atoms with Gasteiger partial charge >= 0.3 is 0 Å². The Hall–Kier alpha value is -0.850. The van der Waals surface area contributed by atoms with Gasteiger partial charge < -0.3 is 0 Å². The average Bonchev–Trinajstić information content (AvgIpc) is 2.24. The second kappa shape index (κ2) is 6.60. The first-order chi connectivity index (χ1) is 7.24. The highest BCUT2D eigenvalue weighted by Crippen LogP contribution is 2.24. The van der Waals surface area contributed by atoms with Gasteiger partial charge in [-0.2, -0.15) is 0 Å². The van der Waals surface area contributed by atoms with Gasteiger partial charge in [0.2, 0.25) is 0 Å². The minimum atomic E-state index is -0.776. The Morgan fingerprint density at radius 1 is 1.20 bits per heavy atom. The molecule has 1 aromatic carbocycles. The Balaban J connectivity index is 2.36. The standard InChI is InChI=1S/C14H21F/c1-3-4-5-6-10-14(15)13-9-7-8-12(2)11-13/h7-9,11,14H,3-6,10H2,1-2H3. The Morgan fingerprint density at radius 3 is 2.67 bits per heavy atom. The lowest BCUT2D eigenvalue weighted by Crippen LogP contribution is -1.92. The molecule has 0 bridgehead atoms. The fourth-order valence-electron chi connectivity index (χ4n) is 1.78. The van der Waals surface area contributed by atoms with Gasteiger partial charge in [0, 0.05) is 0 Å². The number of hydrogen-bond acceptors (Lipinski definition) is 0. The molecule has 0 amide bonds. The van der Waals surface area contributed by atoms with Crippen LogP contribution in [0.4, 0.5) is 4.39 Å². The molecule has 0 spiro atoms. The Morgan fingerprint density at radius 2 is 2.00 bits per heavy atom. The van der Waals surface area contributed by atoms with Crippen LogP contribution in [0, 0.1) is 6.92 Å². The number of alkyl halides is 1. The first-order valence-electron chi connectivity index (χ1n) is 5.94. The zero-order valence-electron chi connectivity index (χ0n) is 9.80. The summed E-state index contributed by atoms with van der Waals surface area (Å²) in [6, 6.07) is 7.78. The summed E-state index contributed by atoms with van der Waals surface area (Å²) >= 11 is 0. The highest BCUT2D eigenvalue weighted by atomic mass is 19.1. The molecule has 0 nitrogen and oxygen atoms in total. The van der Waals surface area contributed by atoms with Crippen molar-refractivity contribution in [3.8, 4) is 0 Å². The molecule has 0 aliphatic heterocycles. The summed E-state index contributed by atoms with van der Waals surface area (Å²) in [7, 11) is 0. The lowest BCUT2D eigenvalue weighted by Gasteiger charge is -2.08. The zero-order valence-corrected chi connectivity index (χ0v) is 9.80. The summed E-state index contributed by atoms with van der Waals surface area (Å²) in [6.07, 6.45) is 4.48. The molecular formula is C14H21F. The van der Waals surface area contributed by atoms with E-state index < -0.39 is 6.17 Å². The predicted octanol–water partition coefficient (Wildman–Crippen LogP) is 4.98. The predicted molar refractivity (Wildman–Crippen MR) is 63.8 cm³/mol. The van der Waals surface area contributed by atoms with E-state index in [0.29, 0.717) is 6.42 Å². The Bertz CT molecular complexity index is 280. The van der Waals surface area contributed by atoms with E-state index in [1.54, 1.807) is 0 Å². The molecular weight excluding hydrogens is 187 g/mol. The normalized spacial score (nSPS) is 12.7. The van der Waals surface area contributed by atoms with Crippen LogP contribution < -0.4 is 0 Å². The van der Waals surface area contributed by atoms with Crippen LogP contribution in [0.1, 0.15) is 56.3 Å². The maximum Gasteiger partial charge on any atom is 0.125 e. The van der Waals surface area contributed by atoms with Gasteiger partial charge in [0.15, 0.2) is 0 Å². The maximum absolute atomic E-state index is 13.7.